The topological polar surface area (TPSA) is 12.0 Å². The number of benzene rings is 1. The molecule has 1 aromatic carbocycles. The van der Waals surface area contributed by atoms with E-state index in [-0.39, 0.29) is 0 Å². The minimum Gasteiger partial charge on any atom is -0.313 e. The highest BCUT2D eigenvalue weighted by molar-refractivity contribution is 9.10. The van der Waals surface area contributed by atoms with E-state index in [1.54, 1.807) is 0 Å². The van der Waals surface area contributed by atoms with Crippen LogP contribution in [0.15, 0.2) is 27.6 Å². The van der Waals surface area contributed by atoms with E-state index in [0.29, 0.717) is 5.25 Å². The van der Waals surface area contributed by atoms with Gasteiger partial charge in [-0.05, 0) is 36.7 Å². The number of halogens is 1. The van der Waals surface area contributed by atoms with Gasteiger partial charge in [0.25, 0.3) is 0 Å². The van der Waals surface area contributed by atoms with E-state index in [4.69, 9.17) is 0 Å². The van der Waals surface area contributed by atoms with Crippen LogP contribution >= 0.6 is 27.7 Å². The van der Waals surface area contributed by atoms with E-state index >= 15 is 0 Å². The lowest BCUT2D eigenvalue weighted by Crippen LogP contribution is -2.14. The molecule has 0 unspecified atom stereocenters. The van der Waals surface area contributed by atoms with Crippen molar-refractivity contribution in [2.24, 2.45) is 0 Å². The van der Waals surface area contributed by atoms with Gasteiger partial charge in [0.2, 0.25) is 0 Å². The zero-order valence-electron chi connectivity index (χ0n) is 10.2. The fraction of sp³-hybridized carbons (Fsp3) is 0.538. The Balaban J connectivity index is 2.73. The third-order valence-corrected chi connectivity index (χ3v) is 3.74. The quantitative estimate of drug-likeness (QED) is 0.615. The minimum atomic E-state index is 0.631. The Morgan fingerprint density at radius 3 is 2.75 bits per heavy atom. The van der Waals surface area contributed by atoms with Crippen LogP contribution in [0.4, 0.5) is 0 Å². The second-order valence-corrected chi connectivity index (χ2v) is 6.63. The summed E-state index contributed by atoms with van der Waals surface area (Å²) in [7, 11) is 0. The molecule has 0 heterocycles. The van der Waals surface area contributed by atoms with Gasteiger partial charge in [0, 0.05) is 21.2 Å². The maximum absolute atomic E-state index is 3.53. The molecular formula is C13H20BrNS. The molecule has 0 saturated heterocycles. The van der Waals surface area contributed by atoms with Crippen molar-refractivity contribution in [3.63, 3.8) is 0 Å². The standard InChI is InChI=1S/C13H20BrNS/c1-4-7-15-9-11-8-12(14)5-6-13(11)16-10(2)3/h5-6,8,10,15H,4,7,9H2,1-3H3. The zero-order chi connectivity index (χ0) is 12.0. The van der Waals surface area contributed by atoms with Crippen LogP contribution in [0.3, 0.4) is 0 Å². The summed E-state index contributed by atoms with van der Waals surface area (Å²) in [5.74, 6) is 0. The SMILES string of the molecule is CCCNCc1cc(Br)ccc1SC(C)C. The number of thioether (sulfide) groups is 1. The van der Waals surface area contributed by atoms with Crippen molar-refractivity contribution in [1.82, 2.24) is 5.32 Å². The molecule has 90 valence electrons. The first kappa shape index (κ1) is 14.1. The first-order chi connectivity index (χ1) is 7.63. The van der Waals surface area contributed by atoms with Crippen LogP contribution in [0.25, 0.3) is 0 Å². The molecule has 16 heavy (non-hydrogen) atoms. The van der Waals surface area contributed by atoms with Gasteiger partial charge in [-0.2, -0.15) is 0 Å². The maximum Gasteiger partial charge on any atom is 0.0217 e. The Bertz CT molecular complexity index is 326. The molecule has 0 radical (unpaired) electrons. The molecule has 0 fully saturated rings. The molecule has 0 aromatic heterocycles. The fourth-order valence-corrected chi connectivity index (χ4v) is 2.80. The van der Waals surface area contributed by atoms with E-state index in [2.05, 4.69) is 60.2 Å². The summed E-state index contributed by atoms with van der Waals surface area (Å²) >= 11 is 5.47. The zero-order valence-corrected chi connectivity index (χ0v) is 12.6. The third kappa shape index (κ3) is 4.89. The third-order valence-electron chi connectivity index (χ3n) is 2.13. The van der Waals surface area contributed by atoms with Crippen LogP contribution in [0.2, 0.25) is 0 Å². The number of hydrogen-bond acceptors (Lipinski definition) is 2. The van der Waals surface area contributed by atoms with Gasteiger partial charge in [0.1, 0.15) is 0 Å². The van der Waals surface area contributed by atoms with Gasteiger partial charge in [-0.25, -0.2) is 0 Å². The highest BCUT2D eigenvalue weighted by Gasteiger charge is 2.05. The van der Waals surface area contributed by atoms with Crippen LogP contribution in [-0.4, -0.2) is 11.8 Å². The Morgan fingerprint density at radius 2 is 2.12 bits per heavy atom. The molecule has 0 bridgehead atoms. The van der Waals surface area contributed by atoms with Gasteiger partial charge in [0.05, 0.1) is 0 Å². The Morgan fingerprint density at radius 1 is 1.38 bits per heavy atom. The second kappa shape index (κ2) is 7.36. The largest absolute Gasteiger partial charge is 0.313 e. The summed E-state index contributed by atoms with van der Waals surface area (Å²) in [6, 6.07) is 6.54. The van der Waals surface area contributed by atoms with Gasteiger partial charge in [-0.15, -0.1) is 11.8 Å². The smallest absolute Gasteiger partial charge is 0.0217 e. The monoisotopic (exact) mass is 301 g/mol. The second-order valence-electron chi connectivity index (χ2n) is 4.10. The lowest BCUT2D eigenvalue weighted by Gasteiger charge is -2.12. The van der Waals surface area contributed by atoms with Crippen molar-refractivity contribution in [2.45, 2.75) is 43.9 Å². The van der Waals surface area contributed by atoms with E-state index in [1.165, 1.54) is 16.9 Å². The van der Waals surface area contributed by atoms with E-state index in [0.717, 1.165) is 17.6 Å². The van der Waals surface area contributed by atoms with Crippen molar-refractivity contribution in [3.05, 3.63) is 28.2 Å². The first-order valence-corrected chi connectivity index (χ1v) is 7.46. The van der Waals surface area contributed by atoms with Crippen LogP contribution < -0.4 is 5.32 Å². The molecule has 0 aliphatic heterocycles. The van der Waals surface area contributed by atoms with Crippen LogP contribution in [0.1, 0.15) is 32.8 Å². The Kier molecular flexibility index (Phi) is 6.47. The lowest BCUT2D eigenvalue weighted by atomic mass is 10.2. The maximum atomic E-state index is 3.53. The fourth-order valence-electron chi connectivity index (χ4n) is 1.45. The van der Waals surface area contributed by atoms with Gasteiger partial charge in [-0.3, -0.25) is 0 Å². The number of rotatable bonds is 6. The van der Waals surface area contributed by atoms with E-state index in [9.17, 15) is 0 Å². The Hall–Kier alpha value is 0.01000. The summed E-state index contributed by atoms with van der Waals surface area (Å²) in [5.41, 5.74) is 1.39. The van der Waals surface area contributed by atoms with Crippen molar-refractivity contribution in [3.8, 4) is 0 Å². The summed E-state index contributed by atoms with van der Waals surface area (Å²) < 4.78 is 1.16. The van der Waals surface area contributed by atoms with Crippen molar-refractivity contribution < 1.29 is 0 Å². The average molecular weight is 302 g/mol. The molecule has 0 saturated carbocycles. The molecule has 1 N–H and O–H groups in total. The summed E-state index contributed by atoms with van der Waals surface area (Å²) in [6.07, 6.45) is 1.18. The number of hydrogen-bond donors (Lipinski definition) is 1. The van der Waals surface area contributed by atoms with Crippen molar-refractivity contribution in [1.29, 1.82) is 0 Å². The number of nitrogens with one attached hydrogen (secondary N) is 1. The highest BCUT2D eigenvalue weighted by Crippen LogP contribution is 2.28. The van der Waals surface area contributed by atoms with Crippen molar-refractivity contribution >= 4 is 27.7 Å². The molecule has 0 atom stereocenters. The first-order valence-electron chi connectivity index (χ1n) is 5.79. The van der Waals surface area contributed by atoms with Gasteiger partial charge in [0.15, 0.2) is 0 Å². The highest BCUT2D eigenvalue weighted by atomic mass is 79.9. The van der Waals surface area contributed by atoms with E-state index < -0.39 is 0 Å². The van der Waals surface area contributed by atoms with Gasteiger partial charge in [-0.1, -0.05) is 36.7 Å². The predicted octanol–water partition coefficient (Wildman–Crippen LogP) is 4.45. The molecule has 1 nitrogen and oxygen atoms in total. The summed E-state index contributed by atoms with van der Waals surface area (Å²) in [6.45, 7) is 8.70. The summed E-state index contributed by atoms with van der Waals surface area (Å²) in [5, 5.41) is 4.09. The normalized spacial score (nSPS) is 11.1. The van der Waals surface area contributed by atoms with Crippen LogP contribution in [-0.2, 0) is 6.54 Å². The molecule has 3 heteroatoms. The van der Waals surface area contributed by atoms with Crippen molar-refractivity contribution in [2.75, 3.05) is 6.54 Å². The van der Waals surface area contributed by atoms with E-state index in [1.807, 2.05) is 11.8 Å². The van der Waals surface area contributed by atoms with Crippen LogP contribution in [0.5, 0.6) is 0 Å². The predicted molar refractivity (Wildman–Crippen MR) is 77.1 cm³/mol. The molecule has 0 spiro atoms. The molecule has 0 aliphatic rings. The summed E-state index contributed by atoms with van der Waals surface area (Å²) in [4.78, 5) is 1.39. The lowest BCUT2D eigenvalue weighted by molar-refractivity contribution is 0.669. The van der Waals surface area contributed by atoms with Crippen LogP contribution in [0, 0.1) is 0 Å². The molecule has 0 aliphatic carbocycles. The van der Waals surface area contributed by atoms with Gasteiger partial charge < -0.3 is 5.32 Å². The molecule has 1 aromatic rings. The molecule has 1 rings (SSSR count). The van der Waals surface area contributed by atoms with Gasteiger partial charge >= 0.3 is 0 Å². The Labute approximate surface area is 112 Å². The average Bonchev–Trinajstić information content (AvgIpc) is 2.22. The molecule has 0 amide bonds. The minimum absolute atomic E-state index is 0.631. The molecular weight excluding hydrogens is 282 g/mol.